The smallest absolute Gasteiger partial charge is 0.319 e. The maximum absolute atomic E-state index is 9.89. The van der Waals surface area contributed by atoms with Crippen LogP contribution in [0.15, 0.2) is 128 Å². The van der Waals surface area contributed by atoms with Crippen molar-refractivity contribution < 1.29 is 21.1 Å². The van der Waals surface area contributed by atoms with Crippen molar-refractivity contribution in [2.24, 2.45) is 7.05 Å². The summed E-state index contributed by atoms with van der Waals surface area (Å²) in [6.07, 6.45) is 1.89. The number of aromatic nitrogens is 5. The fraction of sp³-hybridized carbons (Fsp3) is 0.136. The van der Waals surface area contributed by atoms with Crippen LogP contribution in [0.25, 0.3) is 39.0 Å². The van der Waals surface area contributed by atoms with E-state index in [9.17, 15) is 5.26 Å². The average Bonchev–Trinajstić information content (AvgIpc) is 3.67. The van der Waals surface area contributed by atoms with Gasteiger partial charge in [0.25, 0.3) is 0 Å². The minimum absolute atomic E-state index is 0. The zero-order chi connectivity index (χ0) is 35.3. The molecule has 0 saturated carbocycles. The molecule has 5 aromatic carbocycles. The minimum atomic E-state index is -3.08. The molecule has 0 bridgehead atoms. The molecule has 0 aliphatic carbocycles. The van der Waals surface area contributed by atoms with Crippen LogP contribution in [0, 0.1) is 30.4 Å². The summed E-state index contributed by atoms with van der Waals surface area (Å²) < 4.78 is 4.03. The maximum Gasteiger partial charge on any atom is 2.00 e. The first-order valence-electron chi connectivity index (χ1n) is 17.1. The Kier molecular flexibility index (Phi) is 9.17. The fourth-order valence-corrected chi connectivity index (χ4v) is 11.9. The molecule has 6 nitrogen and oxygen atoms in total. The van der Waals surface area contributed by atoms with Crippen LogP contribution < -0.4 is 20.7 Å². The molecular weight excluding hydrogens is 836 g/mol. The molecular formula is C44H36N6PtSi. The van der Waals surface area contributed by atoms with Gasteiger partial charge in [-0.1, -0.05) is 87.0 Å². The Labute approximate surface area is 319 Å². The number of fused-ring (bicyclic) bond motifs is 3. The van der Waals surface area contributed by atoms with E-state index in [0.717, 1.165) is 55.2 Å². The SMILES string of the molecule is Cc1nc(-c2[c-]c([Si](c3[c-]c4c(cc3)c3cc(C#N)ccc3n4-c3cc(C(C)(C)C)ccn3)(c3ccccc3)c3ccccc3)ccc2)n(C)n1.[Pt+2]. The fourth-order valence-electron chi connectivity index (χ4n) is 7.35. The summed E-state index contributed by atoms with van der Waals surface area (Å²) in [4.78, 5) is 9.69. The van der Waals surface area contributed by atoms with Crippen LogP contribution in [0.4, 0.5) is 0 Å². The van der Waals surface area contributed by atoms with E-state index in [-0.39, 0.29) is 26.5 Å². The predicted octanol–water partition coefficient (Wildman–Crippen LogP) is 6.43. The van der Waals surface area contributed by atoms with Gasteiger partial charge in [0.15, 0.2) is 0 Å². The molecule has 0 unspecified atom stereocenters. The van der Waals surface area contributed by atoms with Crippen molar-refractivity contribution in [1.29, 1.82) is 5.26 Å². The van der Waals surface area contributed by atoms with Crippen LogP contribution in [-0.2, 0) is 33.5 Å². The topological polar surface area (TPSA) is 72.3 Å². The van der Waals surface area contributed by atoms with Crippen molar-refractivity contribution in [3.63, 3.8) is 0 Å². The summed E-state index contributed by atoms with van der Waals surface area (Å²) in [6, 6.07) is 52.8. The zero-order valence-electron chi connectivity index (χ0n) is 29.6. The third-order valence-electron chi connectivity index (χ3n) is 9.77. The molecule has 3 heterocycles. The van der Waals surface area contributed by atoms with Crippen LogP contribution >= 0.6 is 0 Å². The number of aryl methyl sites for hydroxylation is 2. The van der Waals surface area contributed by atoms with Gasteiger partial charge in [0, 0.05) is 18.8 Å². The van der Waals surface area contributed by atoms with Crippen LogP contribution in [0.3, 0.4) is 0 Å². The van der Waals surface area contributed by atoms with E-state index in [1.165, 1.54) is 15.9 Å². The normalized spacial score (nSPS) is 11.8. The van der Waals surface area contributed by atoms with Gasteiger partial charge in [-0.3, -0.25) is 9.67 Å². The second-order valence-corrected chi connectivity index (χ2v) is 17.8. The maximum atomic E-state index is 9.89. The number of benzene rings is 5. The van der Waals surface area contributed by atoms with Gasteiger partial charge in [-0.15, -0.1) is 40.4 Å². The first-order chi connectivity index (χ1) is 24.7. The van der Waals surface area contributed by atoms with Crippen molar-refractivity contribution in [2.75, 3.05) is 0 Å². The molecule has 256 valence electrons. The van der Waals surface area contributed by atoms with Gasteiger partial charge < -0.3 is 4.57 Å². The van der Waals surface area contributed by atoms with Gasteiger partial charge >= 0.3 is 21.1 Å². The molecule has 0 radical (unpaired) electrons. The molecule has 8 heteroatoms. The van der Waals surface area contributed by atoms with Crippen LogP contribution in [0.5, 0.6) is 0 Å². The number of pyridine rings is 1. The molecule has 8 rings (SSSR count). The summed E-state index contributed by atoms with van der Waals surface area (Å²) in [5.74, 6) is 2.31. The molecule has 0 amide bonds. The van der Waals surface area contributed by atoms with Gasteiger partial charge in [0.2, 0.25) is 0 Å². The summed E-state index contributed by atoms with van der Waals surface area (Å²) in [5.41, 5.74) is 4.53. The Bertz CT molecular complexity index is 2570. The molecule has 0 spiro atoms. The van der Waals surface area contributed by atoms with Gasteiger partial charge in [0.1, 0.15) is 19.7 Å². The first kappa shape index (κ1) is 35.0. The van der Waals surface area contributed by atoms with E-state index < -0.39 is 8.07 Å². The molecule has 0 fully saturated rings. The van der Waals surface area contributed by atoms with E-state index in [0.29, 0.717) is 5.56 Å². The number of hydrogen-bond donors (Lipinski definition) is 0. The minimum Gasteiger partial charge on any atom is -0.319 e. The first-order valence-corrected chi connectivity index (χ1v) is 19.1. The van der Waals surface area contributed by atoms with Gasteiger partial charge in [0.05, 0.1) is 17.5 Å². The molecule has 0 aliphatic rings. The average molecular weight is 872 g/mol. The number of nitrogens with zero attached hydrogens (tertiary/aromatic N) is 6. The third kappa shape index (κ3) is 5.82. The Morgan fingerprint density at radius 1 is 0.750 bits per heavy atom. The quantitative estimate of drug-likeness (QED) is 0.110. The number of rotatable bonds is 6. The van der Waals surface area contributed by atoms with Crippen LogP contribution in [-0.4, -0.2) is 32.4 Å². The standard InChI is InChI=1S/C44H36N6Si.Pt/c1-30-47-43(49(5)48-30)32-13-12-18-36(26-32)51(34-14-8-6-9-15-34,35-16-10-7-11-17-35)37-20-21-38-39-25-31(29-45)19-22-40(39)50(41(38)28-37)42-27-33(23-24-46-42)44(2,3)4;/h6-25,27H,1-5H3;/q-2;+2. The Hall–Kier alpha value is -5.41. The number of nitriles is 1. The molecule has 3 aromatic heterocycles. The second kappa shape index (κ2) is 13.6. The molecule has 0 atom stereocenters. The van der Waals surface area contributed by atoms with Crippen LogP contribution in [0.2, 0.25) is 0 Å². The van der Waals surface area contributed by atoms with E-state index in [4.69, 9.17) is 9.97 Å². The van der Waals surface area contributed by atoms with Crippen LogP contribution in [0.1, 0.15) is 37.7 Å². The summed E-state index contributed by atoms with van der Waals surface area (Å²) in [7, 11) is -1.15. The second-order valence-electron chi connectivity index (χ2n) is 14.0. The largest absolute Gasteiger partial charge is 2.00 e. The molecule has 0 saturated heterocycles. The van der Waals surface area contributed by atoms with Crippen molar-refractivity contribution >= 4 is 50.6 Å². The van der Waals surface area contributed by atoms with Crippen molar-refractivity contribution in [3.05, 3.63) is 157 Å². The summed E-state index contributed by atoms with van der Waals surface area (Å²) in [6.45, 7) is 8.56. The molecule has 8 aromatic rings. The predicted molar refractivity (Wildman–Crippen MR) is 208 cm³/mol. The Morgan fingerprint density at radius 3 is 2.08 bits per heavy atom. The van der Waals surface area contributed by atoms with E-state index in [1.807, 2.05) is 43.0 Å². The van der Waals surface area contributed by atoms with E-state index in [2.05, 4.69) is 152 Å². The zero-order valence-corrected chi connectivity index (χ0v) is 32.9. The Balaban J connectivity index is 0.00000420. The summed E-state index contributed by atoms with van der Waals surface area (Å²) >= 11 is 0. The van der Waals surface area contributed by atoms with E-state index in [1.54, 1.807) is 0 Å². The van der Waals surface area contributed by atoms with Gasteiger partial charge in [-0.05, 0) is 64.0 Å². The number of hydrogen-bond acceptors (Lipinski definition) is 4. The van der Waals surface area contributed by atoms with Gasteiger partial charge in [-0.25, -0.2) is 4.98 Å². The monoisotopic (exact) mass is 871 g/mol. The van der Waals surface area contributed by atoms with Crippen molar-refractivity contribution in [2.45, 2.75) is 33.1 Å². The molecule has 0 aliphatic heterocycles. The Morgan fingerprint density at radius 2 is 1.44 bits per heavy atom. The summed E-state index contributed by atoms with van der Waals surface area (Å²) in [5, 5.41) is 21.1. The molecule has 0 N–H and O–H groups in total. The van der Waals surface area contributed by atoms with Crippen molar-refractivity contribution in [3.8, 4) is 23.3 Å². The van der Waals surface area contributed by atoms with E-state index >= 15 is 0 Å². The molecule has 52 heavy (non-hydrogen) atoms. The third-order valence-corrected chi connectivity index (χ3v) is 14.4. The van der Waals surface area contributed by atoms with Crippen molar-refractivity contribution in [1.82, 2.24) is 24.3 Å². The van der Waals surface area contributed by atoms with Gasteiger partial charge in [-0.2, -0.15) is 33.7 Å².